The van der Waals surface area contributed by atoms with E-state index < -0.39 is 5.97 Å². The molecule has 1 aliphatic heterocycles. The molecule has 1 fully saturated rings. The Morgan fingerprint density at radius 3 is 3.00 bits per heavy atom. The average Bonchev–Trinajstić information content (AvgIpc) is 2.83. The summed E-state index contributed by atoms with van der Waals surface area (Å²) in [7, 11) is 0. The van der Waals surface area contributed by atoms with Gasteiger partial charge in [-0.3, -0.25) is 9.69 Å². The first kappa shape index (κ1) is 15.3. The first-order chi connectivity index (χ1) is 10.0. The van der Waals surface area contributed by atoms with Gasteiger partial charge in [-0.25, -0.2) is 4.79 Å². The highest BCUT2D eigenvalue weighted by atomic mass is 16.4. The smallest absolute Gasteiger partial charge is 0.328 e. The highest BCUT2D eigenvalue weighted by Gasteiger charge is 2.22. The molecule has 5 nitrogen and oxygen atoms in total. The quantitative estimate of drug-likeness (QED) is 0.806. The molecule has 2 rings (SSSR count). The minimum Gasteiger partial charge on any atom is -0.478 e. The summed E-state index contributed by atoms with van der Waals surface area (Å²) in [5.74, 6) is -0.930. The molecule has 0 spiro atoms. The van der Waals surface area contributed by atoms with E-state index in [2.05, 4.69) is 10.2 Å². The normalized spacial score (nSPS) is 19.0. The number of aliphatic carboxylic acids is 1. The zero-order valence-corrected chi connectivity index (χ0v) is 12.1. The Bertz CT molecular complexity index is 554. The van der Waals surface area contributed by atoms with Crippen LogP contribution in [0, 0.1) is 0 Å². The molecule has 1 aliphatic rings. The highest BCUT2D eigenvalue weighted by molar-refractivity contribution is 5.85. The lowest BCUT2D eigenvalue weighted by Gasteiger charge is -2.16. The molecule has 0 aromatic heterocycles. The minimum absolute atomic E-state index is 0.0163. The molecule has 0 aliphatic carbocycles. The summed E-state index contributed by atoms with van der Waals surface area (Å²) in [6, 6.07) is 8.07. The van der Waals surface area contributed by atoms with E-state index in [0.29, 0.717) is 0 Å². The number of amides is 1. The standard InChI is InChI=1S/C16H20N2O3/c1-12(19)17-15-7-8-18(11-15)10-14-4-2-3-13(9-14)5-6-16(20)21/h2-6,9,15H,7-8,10-11H2,1H3,(H,17,19)(H,20,21)/b6-5+. The van der Waals surface area contributed by atoms with Crippen LogP contribution < -0.4 is 5.32 Å². The van der Waals surface area contributed by atoms with E-state index in [4.69, 9.17) is 5.11 Å². The third-order valence-electron chi connectivity index (χ3n) is 3.46. The van der Waals surface area contributed by atoms with Crippen LogP contribution in [-0.4, -0.2) is 41.0 Å². The van der Waals surface area contributed by atoms with Crippen molar-refractivity contribution in [3.63, 3.8) is 0 Å². The average molecular weight is 288 g/mol. The summed E-state index contributed by atoms with van der Waals surface area (Å²) < 4.78 is 0. The van der Waals surface area contributed by atoms with Gasteiger partial charge in [-0.1, -0.05) is 24.3 Å². The fraction of sp³-hybridized carbons (Fsp3) is 0.375. The van der Waals surface area contributed by atoms with Crippen molar-refractivity contribution in [2.24, 2.45) is 0 Å². The molecule has 0 radical (unpaired) electrons. The molecule has 0 saturated carbocycles. The maximum absolute atomic E-state index is 11.1. The lowest BCUT2D eigenvalue weighted by molar-refractivity contribution is -0.131. The molecule has 0 bridgehead atoms. The molecule has 112 valence electrons. The van der Waals surface area contributed by atoms with Gasteiger partial charge in [-0.05, 0) is 23.6 Å². The summed E-state index contributed by atoms with van der Waals surface area (Å²) in [4.78, 5) is 23.9. The van der Waals surface area contributed by atoms with Gasteiger partial charge in [0.15, 0.2) is 0 Å². The van der Waals surface area contributed by atoms with Crippen LogP contribution in [0.2, 0.25) is 0 Å². The molecule has 21 heavy (non-hydrogen) atoms. The number of nitrogens with zero attached hydrogens (tertiary/aromatic N) is 1. The second kappa shape index (κ2) is 7.04. The number of rotatable bonds is 5. The Labute approximate surface area is 124 Å². The summed E-state index contributed by atoms with van der Waals surface area (Å²) >= 11 is 0. The summed E-state index contributed by atoms with van der Waals surface area (Å²) in [5.41, 5.74) is 2.03. The summed E-state index contributed by atoms with van der Waals surface area (Å²) in [6.45, 7) is 4.17. The van der Waals surface area contributed by atoms with Crippen molar-refractivity contribution in [1.29, 1.82) is 0 Å². The lowest BCUT2D eigenvalue weighted by atomic mass is 10.1. The van der Waals surface area contributed by atoms with Crippen LogP contribution in [0.5, 0.6) is 0 Å². The van der Waals surface area contributed by atoms with Crippen LogP contribution in [0.4, 0.5) is 0 Å². The van der Waals surface area contributed by atoms with Crippen LogP contribution in [0.15, 0.2) is 30.3 Å². The molecule has 1 heterocycles. The first-order valence-electron chi connectivity index (χ1n) is 7.02. The fourth-order valence-electron chi connectivity index (χ4n) is 2.60. The van der Waals surface area contributed by atoms with Crippen LogP contribution in [0.3, 0.4) is 0 Å². The second-order valence-electron chi connectivity index (χ2n) is 5.34. The Morgan fingerprint density at radius 2 is 2.29 bits per heavy atom. The van der Waals surface area contributed by atoms with Gasteiger partial charge in [-0.2, -0.15) is 0 Å². The van der Waals surface area contributed by atoms with Crippen molar-refractivity contribution in [2.75, 3.05) is 13.1 Å². The van der Waals surface area contributed by atoms with E-state index in [1.165, 1.54) is 0 Å². The number of nitrogens with one attached hydrogen (secondary N) is 1. The predicted molar refractivity (Wildman–Crippen MR) is 80.6 cm³/mol. The number of carboxylic acids is 1. The molecule has 1 unspecified atom stereocenters. The third-order valence-corrected chi connectivity index (χ3v) is 3.46. The molecule has 1 atom stereocenters. The highest BCUT2D eigenvalue weighted by Crippen LogP contribution is 2.15. The van der Waals surface area contributed by atoms with Gasteiger partial charge >= 0.3 is 5.97 Å². The maximum atomic E-state index is 11.1. The lowest BCUT2D eigenvalue weighted by Crippen LogP contribution is -2.35. The van der Waals surface area contributed by atoms with E-state index >= 15 is 0 Å². The Morgan fingerprint density at radius 1 is 1.48 bits per heavy atom. The van der Waals surface area contributed by atoms with E-state index in [0.717, 1.165) is 43.3 Å². The van der Waals surface area contributed by atoms with E-state index in [9.17, 15) is 9.59 Å². The topological polar surface area (TPSA) is 69.6 Å². The molecule has 1 amide bonds. The SMILES string of the molecule is CC(=O)NC1CCN(Cc2cccc(/C=C/C(=O)O)c2)C1. The van der Waals surface area contributed by atoms with Crippen LogP contribution >= 0.6 is 0 Å². The van der Waals surface area contributed by atoms with Gasteiger partial charge < -0.3 is 10.4 Å². The van der Waals surface area contributed by atoms with Crippen molar-refractivity contribution < 1.29 is 14.7 Å². The van der Waals surface area contributed by atoms with Crippen LogP contribution in [-0.2, 0) is 16.1 Å². The van der Waals surface area contributed by atoms with Crippen molar-refractivity contribution in [3.8, 4) is 0 Å². The van der Waals surface area contributed by atoms with E-state index in [1.807, 2.05) is 24.3 Å². The number of carboxylic acid groups (broad SMARTS) is 1. The fourth-order valence-corrected chi connectivity index (χ4v) is 2.60. The summed E-state index contributed by atoms with van der Waals surface area (Å²) in [5, 5.41) is 11.6. The van der Waals surface area contributed by atoms with Gasteiger partial charge in [0, 0.05) is 38.7 Å². The molecular formula is C16H20N2O3. The van der Waals surface area contributed by atoms with Crippen molar-refractivity contribution in [3.05, 3.63) is 41.5 Å². The number of hydrogen-bond acceptors (Lipinski definition) is 3. The Kier molecular flexibility index (Phi) is 5.11. The molecule has 2 N–H and O–H groups in total. The Balaban J connectivity index is 1.93. The number of benzene rings is 1. The number of likely N-dealkylation sites (tertiary alicyclic amines) is 1. The maximum Gasteiger partial charge on any atom is 0.328 e. The molecule has 1 aromatic carbocycles. The van der Waals surface area contributed by atoms with Crippen molar-refractivity contribution >= 4 is 18.0 Å². The van der Waals surface area contributed by atoms with Crippen molar-refractivity contribution in [1.82, 2.24) is 10.2 Å². The van der Waals surface area contributed by atoms with Gasteiger partial charge in [0.1, 0.15) is 0 Å². The summed E-state index contributed by atoms with van der Waals surface area (Å²) in [6.07, 6.45) is 3.70. The van der Waals surface area contributed by atoms with Crippen molar-refractivity contribution in [2.45, 2.75) is 25.9 Å². The number of carbonyl (C=O) groups is 2. The number of hydrogen-bond donors (Lipinski definition) is 2. The zero-order valence-electron chi connectivity index (χ0n) is 12.1. The van der Waals surface area contributed by atoms with Gasteiger partial charge in [0.2, 0.25) is 5.91 Å². The van der Waals surface area contributed by atoms with Gasteiger partial charge in [0.05, 0.1) is 0 Å². The largest absolute Gasteiger partial charge is 0.478 e. The van der Waals surface area contributed by atoms with Gasteiger partial charge in [0.25, 0.3) is 0 Å². The first-order valence-corrected chi connectivity index (χ1v) is 7.02. The molecule has 1 aromatic rings. The second-order valence-corrected chi connectivity index (χ2v) is 5.34. The zero-order chi connectivity index (χ0) is 15.2. The molecule has 1 saturated heterocycles. The van der Waals surface area contributed by atoms with E-state index in [-0.39, 0.29) is 11.9 Å². The van der Waals surface area contributed by atoms with Crippen LogP contribution in [0.1, 0.15) is 24.5 Å². The third kappa shape index (κ3) is 5.04. The minimum atomic E-state index is -0.946. The molecular weight excluding hydrogens is 268 g/mol. The predicted octanol–water partition coefficient (Wildman–Crippen LogP) is 1.49. The Hall–Kier alpha value is -2.14. The van der Waals surface area contributed by atoms with E-state index in [1.54, 1.807) is 13.0 Å². The van der Waals surface area contributed by atoms with Crippen LogP contribution in [0.25, 0.3) is 6.08 Å². The molecule has 5 heteroatoms. The van der Waals surface area contributed by atoms with Gasteiger partial charge in [-0.15, -0.1) is 0 Å². The number of carbonyl (C=O) groups excluding carboxylic acids is 1. The monoisotopic (exact) mass is 288 g/mol.